The molecule has 0 aliphatic heterocycles. The number of halogens is 6. The number of carbonyl (C=O) groups is 2. The van der Waals surface area contributed by atoms with E-state index >= 15 is 0 Å². The molecule has 0 aliphatic carbocycles. The zero-order valence-corrected chi connectivity index (χ0v) is 17.3. The van der Waals surface area contributed by atoms with Crippen molar-refractivity contribution in [3.63, 3.8) is 0 Å². The molecule has 0 radical (unpaired) electrons. The topological polar surface area (TPSA) is 134 Å². The third-order valence-corrected chi connectivity index (χ3v) is 3.38. The van der Waals surface area contributed by atoms with Crippen molar-refractivity contribution in [2.45, 2.75) is 0 Å². The van der Waals surface area contributed by atoms with Gasteiger partial charge in [0.15, 0.2) is 34.8 Å². The summed E-state index contributed by atoms with van der Waals surface area (Å²) >= 11 is 0. The molecule has 2 aromatic rings. The van der Waals surface area contributed by atoms with Gasteiger partial charge in [0.25, 0.3) is 0 Å². The van der Waals surface area contributed by atoms with E-state index in [0.717, 1.165) is 14.2 Å². The molecule has 0 fully saturated rings. The van der Waals surface area contributed by atoms with Crippen molar-refractivity contribution in [1.29, 1.82) is 0 Å². The van der Waals surface area contributed by atoms with E-state index in [1.165, 1.54) is 0 Å². The fourth-order valence-electron chi connectivity index (χ4n) is 1.94. The third kappa shape index (κ3) is 7.87. The highest BCUT2D eigenvalue weighted by Gasteiger charge is 2.24. The highest BCUT2D eigenvalue weighted by molar-refractivity contribution is 5.89. The van der Waals surface area contributed by atoms with Gasteiger partial charge in [-0.15, -0.1) is 0 Å². The lowest BCUT2D eigenvalue weighted by molar-refractivity contribution is 0.0679. The van der Waals surface area contributed by atoms with E-state index in [-0.39, 0.29) is 25.3 Å². The van der Waals surface area contributed by atoms with Crippen LogP contribution >= 0.6 is 0 Å². The molecule has 0 atom stereocenters. The van der Waals surface area contributed by atoms with Crippen molar-refractivity contribution >= 4 is 11.9 Å². The molecule has 14 heteroatoms. The van der Waals surface area contributed by atoms with Crippen LogP contribution in [0.2, 0.25) is 0 Å². The minimum atomic E-state index is -1.69. The molecule has 2 rings (SSSR count). The van der Waals surface area contributed by atoms with Gasteiger partial charge in [0, 0.05) is 0 Å². The molecular formula is C20H16F6O8. The van der Waals surface area contributed by atoms with Crippen LogP contribution in [0.25, 0.3) is 0 Å². The summed E-state index contributed by atoms with van der Waals surface area (Å²) < 4.78 is 85.4. The largest absolute Gasteiger partial charge is 0.491 e. The summed E-state index contributed by atoms with van der Waals surface area (Å²) in [5.41, 5.74) is -1.94. The number of ether oxygens (including phenoxy) is 2. The average molecular weight is 498 g/mol. The number of hydrogen-bond acceptors (Lipinski definition) is 6. The summed E-state index contributed by atoms with van der Waals surface area (Å²) in [7, 11) is 1.82. The molecule has 0 bridgehead atoms. The van der Waals surface area contributed by atoms with E-state index in [1.54, 1.807) is 0 Å². The molecule has 0 amide bonds. The van der Waals surface area contributed by atoms with Crippen LogP contribution in [0.15, 0.2) is 12.1 Å². The molecule has 34 heavy (non-hydrogen) atoms. The maximum absolute atomic E-state index is 13.1. The lowest BCUT2D eigenvalue weighted by Gasteiger charge is -2.06. The number of aromatic carboxylic acids is 2. The predicted octanol–water partition coefficient (Wildman–Crippen LogP) is 2.60. The zero-order chi connectivity index (χ0) is 26.6. The minimum absolute atomic E-state index is 0.166. The van der Waals surface area contributed by atoms with Crippen LogP contribution in [-0.2, 0) is 0 Å². The fourth-order valence-corrected chi connectivity index (χ4v) is 1.94. The number of carboxylic acids is 2. The van der Waals surface area contributed by atoms with Crippen LogP contribution in [0.5, 0.6) is 11.5 Å². The fraction of sp³-hybridized carbons (Fsp3) is 0.200. The Labute approximate surface area is 187 Å². The van der Waals surface area contributed by atoms with Crippen molar-refractivity contribution in [1.82, 2.24) is 0 Å². The highest BCUT2D eigenvalue weighted by atomic mass is 19.2. The van der Waals surface area contributed by atoms with Gasteiger partial charge < -0.3 is 29.9 Å². The first kappa shape index (κ1) is 30.0. The summed E-state index contributed by atoms with van der Waals surface area (Å²) in [4.78, 5) is 20.7. The van der Waals surface area contributed by atoms with E-state index in [9.17, 15) is 35.9 Å². The van der Waals surface area contributed by atoms with Crippen molar-refractivity contribution in [2.24, 2.45) is 0 Å². The Balaban J connectivity index is 0.000000521. The number of carboxylic acid groups (broad SMARTS) is 2. The Morgan fingerprint density at radius 3 is 1.21 bits per heavy atom. The first-order valence-corrected chi connectivity index (χ1v) is 8.46. The number of rotatable bonds is 4. The van der Waals surface area contributed by atoms with Gasteiger partial charge in [-0.2, -0.15) is 8.78 Å². The molecule has 0 unspecified atom stereocenters. The van der Waals surface area contributed by atoms with E-state index in [4.69, 9.17) is 20.4 Å². The third-order valence-electron chi connectivity index (χ3n) is 3.38. The second-order valence-corrected chi connectivity index (χ2v) is 5.41. The average Bonchev–Trinajstić information content (AvgIpc) is 2.78. The standard InChI is InChI=1S/2C8H5F3O3.C4H6O2/c2*1-14-7-5(10)3(8(12)13)2-4(9)6(7)11;5-3-1-2-4-6/h2*2H,1H3,(H,12,13);5-6H,3-4H2. The van der Waals surface area contributed by atoms with Crippen molar-refractivity contribution in [3.8, 4) is 23.3 Å². The molecule has 4 N–H and O–H groups in total. The maximum Gasteiger partial charge on any atom is 0.338 e. The second kappa shape index (κ2) is 14.2. The van der Waals surface area contributed by atoms with Gasteiger partial charge in [0.05, 0.1) is 14.2 Å². The van der Waals surface area contributed by atoms with Gasteiger partial charge in [-0.3, -0.25) is 0 Å². The van der Waals surface area contributed by atoms with Gasteiger partial charge in [0.1, 0.15) is 24.3 Å². The first-order chi connectivity index (χ1) is 15.9. The molecule has 0 saturated heterocycles. The van der Waals surface area contributed by atoms with Crippen LogP contribution < -0.4 is 9.47 Å². The monoisotopic (exact) mass is 498 g/mol. The van der Waals surface area contributed by atoms with Crippen molar-refractivity contribution < 1.29 is 65.8 Å². The summed E-state index contributed by atoms with van der Waals surface area (Å²) in [5, 5.41) is 32.7. The highest BCUT2D eigenvalue weighted by Crippen LogP contribution is 2.27. The molecule has 0 saturated carbocycles. The lowest BCUT2D eigenvalue weighted by Crippen LogP contribution is -2.06. The van der Waals surface area contributed by atoms with Crippen LogP contribution in [0, 0.1) is 46.7 Å². The molecular weight excluding hydrogens is 482 g/mol. The SMILES string of the molecule is COc1c(F)c(F)cc(C(=O)O)c1F.COc1c(F)c(F)cc(C(=O)O)c1F.OCC#CCO. The molecule has 2 aromatic carbocycles. The molecule has 0 aromatic heterocycles. The minimum Gasteiger partial charge on any atom is -0.491 e. The normalized spacial score (nSPS) is 9.35. The van der Waals surface area contributed by atoms with E-state index in [2.05, 4.69) is 21.3 Å². The van der Waals surface area contributed by atoms with Crippen LogP contribution in [0.1, 0.15) is 20.7 Å². The Morgan fingerprint density at radius 1 is 0.706 bits per heavy atom. The Morgan fingerprint density at radius 2 is 1.00 bits per heavy atom. The molecule has 0 spiro atoms. The molecule has 186 valence electrons. The van der Waals surface area contributed by atoms with Crippen LogP contribution in [0.3, 0.4) is 0 Å². The summed E-state index contributed by atoms with van der Waals surface area (Å²) in [5.74, 6) is -9.86. The van der Waals surface area contributed by atoms with Gasteiger partial charge in [-0.25, -0.2) is 27.2 Å². The van der Waals surface area contributed by atoms with Crippen LogP contribution in [0.4, 0.5) is 26.3 Å². The quantitative estimate of drug-likeness (QED) is 0.287. The number of benzene rings is 2. The van der Waals surface area contributed by atoms with Crippen molar-refractivity contribution in [2.75, 3.05) is 27.4 Å². The second-order valence-electron chi connectivity index (χ2n) is 5.41. The smallest absolute Gasteiger partial charge is 0.338 e. The number of aliphatic hydroxyl groups is 2. The van der Waals surface area contributed by atoms with E-state index in [0.29, 0.717) is 0 Å². The van der Waals surface area contributed by atoms with Gasteiger partial charge >= 0.3 is 11.9 Å². The summed E-state index contributed by atoms with van der Waals surface area (Å²) in [6.07, 6.45) is 0. The molecule has 0 heterocycles. The summed E-state index contributed by atoms with van der Waals surface area (Å²) in [6.45, 7) is -0.332. The zero-order valence-electron chi connectivity index (χ0n) is 17.3. The maximum atomic E-state index is 13.1. The lowest BCUT2D eigenvalue weighted by atomic mass is 10.2. The predicted molar refractivity (Wildman–Crippen MR) is 102 cm³/mol. The van der Waals surface area contributed by atoms with E-state index < -0.39 is 69.5 Å². The van der Waals surface area contributed by atoms with E-state index in [1.807, 2.05) is 0 Å². The summed E-state index contributed by atoms with van der Waals surface area (Å²) in [6, 6.07) is 0.519. The van der Waals surface area contributed by atoms with Crippen LogP contribution in [-0.4, -0.2) is 59.8 Å². The first-order valence-electron chi connectivity index (χ1n) is 8.46. The number of aliphatic hydroxyl groups excluding tert-OH is 2. The Bertz CT molecular complexity index is 1010. The Hall–Kier alpha value is -3.96. The Kier molecular flexibility index (Phi) is 12.6. The van der Waals surface area contributed by atoms with Gasteiger partial charge in [0.2, 0.25) is 11.6 Å². The number of methoxy groups -OCH3 is 2. The van der Waals surface area contributed by atoms with Crippen molar-refractivity contribution in [3.05, 3.63) is 58.2 Å². The molecule has 0 aliphatic rings. The van der Waals surface area contributed by atoms with Gasteiger partial charge in [-0.1, -0.05) is 11.8 Å². The number of hydrogen-bond donors (Lipinski definition) is 4. The van der Waals surface area contributed by atoms with Gasteiger partial charge in [-0.05, 0) is 12.1 Å². The molecule has 8 nitrogen and oxygen atoms in total.